The molecule has 0 spiro atoms. The Labute approximate surface area is 193 Å². The highest BCUT2D eigenvalue weighted by molar-refractivity contribution is 6.06. The van der Waals surface area contributed by atoms with Gasteiger partial charge in [-0.05, 0) is 36.3 Å². The molecule has 4 heterocycles. The van der Waals surface area contributed by atoms with Gasteiger partial charge in [0.05, 0.1) is 11.6 Å². The molecule has 3 aliphatic rings. The Hall–Kier alpha value is -3.98. The second-order valence-corrected chi connectivity index (χ2v) is 9.09. The van der Waals surface area contributed by atoms with Crippen molar-refractivity contribution >= 4 is 27.6 Å². The lowest BCUT2D eigenvalue weighted by Gasteiger charge is -2.40. The van der Waals surface area contributed by atoms with Crippen molar-refractivity contribution in [3.8, 4) is 0 Å². The smallest absolute Gasteiger partial charge is 0.141 e. The molecule has 2 atom stereocenters. The molecule has 0 aliphatic carbocycles. The third kappa shape index (κ3) is 2.45. The summed E-state index contributed by atoms with van der Waals surface area (Å²) in [6.45, 7) is 3.20. The highest BCUT2D eigenvalue weighted by atomic mass is 16.3. The van der Waals surface area contributed by atoms with Gasteiger partial charge in [0.15, 0.2) is 0 Å². The first-order valence-electron chi connectivity index (χ1n) is 11.6. The van der Waals surface area contributed by atoms with E-state index in [1.165, 1.54) is 38.7 Å². The first-order valence-corrected chi connectivity index (χ1v) is 11.6. The van der Waals surface area contributed by atoms with Gasteiger partial charge in [0.25, 0.3) is 0 Å². The Morgan fingerprint density at radius 3 is 2.70 bits per heavy atom. The summed E-state index contributed by atoms with van der Waals surface area (Å²) >= 11 is 0. The minimum atomic E-state index is -0.339. The lowest BCUT2D eigenvalue weighted by Crippen LogP contribution is -2.39. The van der Waals surface area contributed by atoms with E-state index in [0.29, 0.717) is 0 Å². The van der Waals surface area contributed by atoms with Crippen molar-refractivity contribution in [2.75, 3.05) is 6.54 Å². The fraction of sp³-hybridized carbons (Fsp3) is 0.133. The second kappa shape index (κ2) is 6.76. The second-order valence-electron chi connectivity index (χ2n) is 9.09. The van der Waals surface area contributed by atoms with Gasteiger partial charge < -0.3 is 14.6 Å². The maximum atomic E-state index is 6.50. The highest BCUT2D eigenvalue weighted by Gasteiger charge is 2.49. The molecule has 3 heteroatoms. The predicted molar refractivity (Wildman–Crippen MR) is 135 cm³/mol. The van der Waals surface area contributed by atoms with Crippen LogP contribution in [0.2, 0.25) is 0 Å². The molecule has 2 unspecified atom stereocenters. The van der Waals surface area contributed by atoms with Gasteiger partial charge in [0.2, 0.25) is 0 Å². The van der Waals surface area contributed by atoms with Crippen LogP contribution in [0.3, 0.4) is 0 Å². The highest BCUT2D eigenvalue weighted by Crippen LogP contribution is 2.55. The van der Waals surface area contributed by atoms with Crippen LogP contribution in [0.4, 0.5) is 0 Å². The van der Waals surface area contributed by atoms with Crippen LogP contribution in [-0.2, 0) is 5.54 Å². The Morgan fingerprint density at radius 2 is 1.79 bits per heavy atom. The standard InChI is InChI=1S/C30H24N2O/c1-30(23-12-4-2-11-22(23)25-13-6-8-18-31-25)24-17-16-21-20-10-3-5-15-27(20)33-29(21)28(24)26-14-7-9-19-32(26)30/h2-17,19,26,31H,18H2,1H3. The summed E-state index contributed by atoms with van der Waals surface area (Å²) < 4.78 is 6.50. The van der Waals surface area contributed by atoms with Crippen LogP contribution < -0.4 is 5.32 Å². The molecular formula is C30H24N2O. The van der Waals surface area contributed by atoms with E-state index in [2.05, 4.69) is 114 Å². The predicted octanol–water partition coefficient (Wildman–Crippen LogP) is 6.79. The van der Waals surface area contributed by atoms with E-state index in [4.69, 9.17) is 4.42 Å². The zero-order chi connectivity index (χ0) is 22.0. The van der Waals surface area contributed by atoms with E-state index >= 15 is 0 Å². The van der Waals surface area contributed by atoms with E-state index in [9.17, 15) is 0 Å². The largest absolute Gasteiger partial charge is 0.456 e. The Morgan fingerprint density at radius 1 is 0.909 bits per heavy atom. The number of benzene rings is 3. The molecule has 1 aromatic heterocycles. The van der Waals surface area contributed by atoms with Crippen molar-refractivity contribution in [2.45, 2.75) is 18.5 Å². The van der Waals surface area contributed by atoms with Crippen molar-refractivity contribution in [2.24, 2.45) is 0 Å². The van der Waals surface area contributed by atoms with Crippen molar-refractivity contribution < 1.29 is 4.42 Å². The van der Waals surface area contributed by atoms with E-state index in [1.807, 2.05) is 6.07 Å². The van der Waals surface area contributed by atoms with Crippen molar-refractivity contribution in [3.63, 3.8) is 0 Å². The summed E-state index contributed by atoms with van der Waals surface area (Å²) in [4.78, 5) is 2.49. The minimum absolute atomic E-state index is 0.125. The SMILES string of the molecule is CC1(c2ccccc2C2=CC=CCN2)c2ccc3c(oc4ccccc43)c2C2C=CC=CN21. The van der Waals surface area contributed by atoms with Crippen LogP contribution in [0, 0.1) is 0 Å². The summed E-state index contributed by atoms with van der Waals surface area (Å²) in [6, 6.07) is 21.8. The number of rotatable bonds is 2. The average molecular weight is 429 g/mol. The normalized spacial score (nSPS) is 23.0. The molecule has 33 heavy (non-hydrogen) atoms. The van der Waals surface area contributed by atoms with Gasteiger partial charge in [-0.15, -0.1) is 0 Å². The first kappa shape index (κ1) is 18.6. The zero-order valence-electron chi connectivity index (χ0n) is 18.5. The van der Waals surface area contributed by atoms with Crippen LogP contribution in [0.25, 0.3) is 27.6 Å². The monoisotopic (exact) mass is 428 g/mol. The minimum Gasteiger partial charge on any atom is -0.456 e. The Bertz CT molecular complexity index is 1550. The lowest BCUT2D eigenvalue weighted by atomic mass is 9.80. The van der Waals surface area contributed by atoms with Gasteiger partial charge >= 0.3 is 0 Å². The molecule has 0 fully saturated rings. The number of dihydropyridines is 1. The van der Waals surface area contributed by atoms with Crippen LogP contribution in [0.5, 0.6) is 0 Å². The molecule has 3 nitrogen and oxygen atoms in total. The molecule has 7 rings (SSSR count). The van der Waals surface area contributed by atoms with Crippen LogP contribution in [0.15, 0.2) is 108 Å². The summed E-state index contributed by atoms with van der Waals surface area (Å²) in [5.41, 5.74) is 7.88. The maximum Gasteiger partial charge on any atom is 0.141 e. The van der Waals surface area contributed by atoms with Gasteiger partial charge in [-0.25, -0.2) is 0 Å². The van der Waals surface area contributed by atoms with Crippen LogP contribution >= 0.6 is 0 Å². The summed E-state index contributed by atoms with van der Waals surface area (Å²) in [5, 5.41) is 5.93. The van der Waals surface area contributed by atoms with E-state index in [1.54, 1.807) is 0 Å². The Kier molecular flexibility index (Phi) is 3.80. The van der Waals surface area contributed by atoms with E-state index in [0.717, 1.165) is 17.7 Å². The van der Waals surface area contributed by atoms with E-state index in [-0.39, 0.29) is 11.6 Å². The number of allylic oxidation sites excluding steroid dienone is 4. The first-order chi connectivity index (χ1) is 16.3. The van der Waals surface area contributed by atoms with Gasteiger partial charge in [0.1, 0.15) is 11.2 Å². The lowest BCUT2D eigenvalue weighted by molar-refractivity contribution is 0.205. The third-order valence-electron chi connectivity index (χ3n) is 7.42. The molecular weight excluding hydrogens is 404 g/mol. The number of nitrogens with zero attached hydrogens (tertiary/aromatic N) is 1. The molecule has 0 saturated heterocycles. The van der Waals surface area contributed by atoms with Crippen molar-refractivity contribution in [3.05, 3.63) is 126 Å². The van der Waals surface area contributed by atoms with Crippen LogP contribution in [0.1, 0.15) is 35.2 Å². The third-order valence-corrected chi connectivity index (χ3v) is 7.42. The molecule has 3 aromatic carbocycles. The van der Waals surface area contributed by atoms with Crippen molar-refractivity contribution in [1.29, 1.82) is 0 Å². The number of para-hydroxylation sites is 1. The van der Waals surface area contributed by atoms with Crippen molar-refractivity contribution in [1.82, 2.24) is 10.2 Å². The number of nitrogens with one attached hydrogen (secondary N) is 1. The zero-order valence-corrected chi connectivity index (χ0v) is 18.5. The fourth-order valence-electron chi connectivity index (χ4n) is 5.90. The van der Waals surface area contributed by atoms with Gasteiger partial charge in [-0.1, -0.05) is 78.9 Å². The maximum absolute atomic E-state index is 6.50. The molecule has 3 aliphatic heterocycles. The molecule has 160 valence electrons. The fourth-order valence-corrected chi connectivity index (χ4v) is 5.90. The topological polar surface area (TPSA) is 28.4 Å². The van der Waals surface area contributed by atoms with E-state index < -0.39 is 0 Å². The molecule has 0 radical (unpaired) electrons. The average Bonchev–Trinajstić information content (AvgIpc) is 3.39. The summed E-state index contributed by atoms with van der Waals surface area (Å²) in [7, 11) is 0. The number of furan rings is 1. The number of hydrogen-bond acceptors (Lipinski definition) is 3. The summed E-state index contributed by atoms with van der Waals surface area (Å²) in [5.74, 6) is 0. The molecule has 0 bridgehead atoms. The van der Waals surface area contributed by atoms with Gasteiger partial charge in [0, 0.05) is 40.3 Å². The number of hydrogen-bond donors (Lipinski definition) is 1. The molecule has 4 aromatic rings. The molecule has 0 saturated carbocycles. The Balaban J connectivity index is 1.54. The summed E-state index contributed by atoms with van der Waals surface area (Å²) in [6.07, 6.45) is 15.3. The van der Waals surface area contributed by atoms with Crippen LogP contribution in [-0.4, -0.2) is 11.4 Å². The number of fused-ring (bicyclic) bond motifs is 7. The van der Waals surface area contributed by atoms with Gasteiger partial charge in [-0.2, -0.15) is 0 Å². The van der Waals surface area contributed by atoms with Gasteiger partial charge in [-0.3, -0.25) is 0 Å². The quantitative estimate of drug-likeness (QED) is 0.381. The molecule has 1 N–H and O–H groups in total. The molecule has 0 amide bonds.